The van der Waals surface area contributed by atoms with E-state index in [1.165, 1.54) is 0 Å². The molecule has 0 aromatic rings. The molecule has 1 aliphatic rings. The average molecular weight is 381 g/mol. The summed E-state index contributed by atoms with van der Waals surface area (Å²) < 4.78 is 9.91. The Morgan fingerprint density at radius 2 is 1.92 bits per heavy atom. The van der Waals surface area contributed by atoms with Crippen LogP contribution in [0, 0.1) is 0 Å². The molecule has 0 saturated carbocycles. The molecular weight excluding hydrogens is 358 g/mol. The van der Waals surface area contributed by atoms with E-state index in [4.69, 9.17) is 14.7 Å². The Bertz CT molecular complexity index is 527. The highest BCUT2D eigenvalue weighted by atomic mass is 17.2. The van der Waals surface area contributed by atoms with Crippen LogP contribution >= 0.6 is 0 Å². The van der Waals surface area contributed by atoms with E-state index in [9.17, 15) is 29.7 Å². The molecule has 1 saturated heterocycles. The van der Waals surface area contributed by atoms with Gasteiger partial charge in [0, 0.05) is 20.3 Å². The Labute approximate surface area is 148 Å². The zero-order valence-corrected chi connectivity index (χ0v) is 14.4. The molecule has 1 aliphatic heterocycles. The summed E-state index contributed by atoms with van der Waals surface area (Å²) in [5, 5.41) is 41.6. The summed E-state index contributed by atoms with van der Waals surface area (Å²) >= 11 is 0. The molecular formula is C14H23NO11. The second-order valence-electron chi connectivity index (χ2n) is 5.72. The zero-order chi connectivity index (χ0) is 20.1. The van der Waals surface area contributed by atoms with Crippen molar-refractivity contribution in [3.05, 3.63) is 0 Å². The van der Waals surface area contributed by atoms with Crippen LogP contribution in [0.4, 0.5) is 0 Å². The molecule has 1 rings (SSSR count). The van der Waals surface area contributed by atoms with Gasteiger partial charge in [0.05, 0.1) is 25.9 Å². The summed E-state index contributed by atoms with van der Waals surface area (Å²) in [7, 11) is 0.977. The Balaban J connectivity index is 3.25. The smallest absolute Gasteiger partial charge is 0.370 e. The number of rotatable bonds is 7. The maximum atomic E-state index is 12.1. The van der Waals surface area contributed by atoms with Crippen molar-refractivity contribution in [1.82, 2.24) is 5.32 Å². The number of nitrogens with one attached hydrogen (secondary N) is 1. The van der Waals surface area contributed by atoms with Gasteiger partial charge in [0.25, 0.3) is 0 Å². The summed E-state index contributed by atoms with van der Waals surface area (Å²) in [6.07, 6.45) is -7.37. The summed E-state index contributed by atoms with van der Waals surface area (Å²) in [6, 6.07) is -1.28. The number of carbonyl (C=O) groups excluding carboxylic acids is 3. The fraction of sp³-hybridized carbons (Fsp3) is 0.786. The lowest BCUT2D eigenvalue weighted by atomic mass is 9.88. The quantitative estimate of drug-likeness (QED) is 0.169. The van der Waals surface area contributed by atoms with Gasteiger partial charge >= 0.3 is 17.7 Å². The van der Waals surface area contributed by atoms with Crippen LogP contribution in [0.5, 0.6) is 0 Å². The maximum absolute atomic E-state index is 12.1. The van der Waals surface area contributed by atoms with Crippen molar-refractivity contribution in [2.24, 2.45) is 0 Å². The second kappa shape index (κ2) is 9.21. The summed E-state index contributed by atoms with van der Waals surface area (Å²) in [6.45, 7) is 1.24. The molecule has 0 aromatic heterocycles. The van der Waals surface area contributed by atoms with Gasteiger partial charge in [0.1, 0.15) is 18.3 Å². The predicted octanol–water partition coefficient (Wildman–Crippen LogP) is -3.28. The number of hydrogen-bond acceptors (Lipinski definition) is 11. The van der Waals surface area contributed by atoms with Crippen LogP contribution in [0.15, 0.2) is 0 Å². The fourth-order valence-electron chi connectivity index (χ4n) is 2.49. The molecule has 26 heavy (non-hydrogen) atoms. The maximum Gasteiger partial charge on any atom is 0.370 e. The van der Waals surface area contributed by atoms with Crippen molar-refractivity contribution in [3.8, 4) is 0 Å². The van der Waals surface area contributed by atoms with Gasteiger partial charge in [-0.2, -0.15) is 0 Å². The Morgan fingerprint density at radius 1 is 1.31 bits per heavy atom. The topological polar surface area (TPSA) is 181 Å². The van der Waals surface area contributed by atoms with E-state index < -0.39 is 67.1 Å². The first-order valence-electron chi connectivity index (χ1n) is 7.62. The molecule has 0 unspecified atom stereocenters. The summed E-state index contributed by atoms with van der Waals surface area (Å²) in [4.78, 5) is 43.6. The predicted molar refractivity (Wildman–Crippen MR) is 79.8 cm³/mol. The van der Waals surface area contributed by atoms with E-state index in [2.05, 4.69) is 14.9 Å². The highest BCUT2D eigenvalue weighted by molar-refractivity contribution is 5.78. The first-order chi connectivity index (χ1) is 12.1. The highest BCUT2D eigenvalue weighted by Crippen LogP contribution is 2.34. The molecule has 0 aliphatic carbocycles. The van der Waals surface area contributed by atoms with Crippen LogP contribution in [0.1, 0.15) is 20.3 Å². The summed E-state index contributed by atoms with van der Waals surface area (Å²) in [5.74, 6) is -5.20. The van der Waals surface area contributed by atoms with Crippen LogP contribution in [0.2, 0.25) is 0 Å². The van der Waals surface area contributed by atoms with Crippen molar-refractivity contribution in [3.63, 3.8) is 0 Å². The van der Waals surface area contributed by atoms with Gasteiger partial charge in [0.2, 0.25) is 5.91 Å². The number of methoxy groups -OCH3 is 1. The van der Waals surface area contributed by atoms with Crippen LogP contribution < -0.4 is 5.32 Å². The molecule has 0 radical (unpaired) electrons. The first kappa shape index (κ1) is 22.2. The van der Waals surface area contributed by atoms with E-state index in [-0.39, 0.29) is 0 Å². The van der Waals surface area contributed by atoms with Crippen molar-refractivity contribution in [2.45, 2.75) is 56.5 Å². The minimum absolute atomic E-state index is 0.597. The zero-order valence-electron chi connectivity index (χ0n) is 14.4. The SMILES string of the molecule is COC(=O)[C@]1(OOC(C)=O)C[C@H](O)[C@@H](NC(C)=O)[C@H]([C@H](O)[C@H](O)CO)O1. The third-order valence-corrected chi connectivity index (χ3v) is 3.65. The number of hydrogen-bond donors (Lipinski definition) is 5. The summed E-state index contributed by atoms with van der Waals surface area (Å²) in [5.41, 5.74) is 0. The van der Waals surface area contributed by atoms with Crippen LogP contribution in [0.25, 0.3) is 0 Å². The lowest BCUT2D eigenvalue weighted by Crippen LogP contribution is -2.68. The normalized spacial score (nSPS) is 30.8. The molecule has 12 nitrogen and oxygen atoms in total. The van der Waals surface area contributed by atoms with Gasteiger partial charge in [-0.3, -0.25) is 9.68 Å². The molecule has 12 heteroatoms. The van der Waals surface area contributed by atoms with E-state index in [1.54, 1.807) is 0 Å². The largest absolute Gasteiger partial charge is 0.465 e. The molecule has 0 bridgehead atoms. The van der Waals surface area contributed by atoms with Gasteiger partial charge in [0.15, 0.2) is 0 Å². The number of amides is 1. The van der Waals surface area contributed by atoms with Gasteiger partial charge in [-0.15, -0.1) is 4.89 Å². The van der Waals surface area contributed by atoms with Gasteiger partial charge in [-0.25, -0.2) is 9.59 Å². The van der Waals surface area contributed by atoms with Crippen molar-refractivity contribution in [2.75, 3.05) is 13.7 Å². The molecule has 0 spiro atoms. The lowest BCUT2D eigenvalue weighted by molar-refractivity contribution is -0.421. The number of aliphatic hydroxyl groups is 4. The second-order valence-corrected chi connectivity index (χ2v) is 5.72. The molecule has 5 N–H and O–H groups in total. The van der Waals surface area contributed by atoms with Crippen LogP contribution in [0.3, 0.4) is 0 Å². The monoisotopic (exact) mass is 381 g/mol. The first-order valence-corrected chi connectivity index (χ1v) is 7.62. The van der Waals surface area contributed by atoms with Crippen molar-refractivity contribution < 1.29 is 54.1 Å². The van der Waals surface area contributed by atoms with E-state index >= 15 is 0 Å². The van der Waals surface area contributed by atoms with Crippen molar-refractivity contribution in [1.29, 1.82) is 0 Å². The number of carbonyl (C=O) groups is 3. The standard InChI is InChI=1S/C14H23NO11/c1-6(17)15-10-8(19)4-14(13(22)23-3,26-25-7(2)18)24-12(10)11(21)9(20)5-16/h8-12,16,19-21H,4-5H2,1-3H3,(H,15,17)/t8-,9+,10+,11+,12+,14+/m0/s1. The molecule has 0 aromatic carbocycles. The van der Waals surface area contributed by atoms with Gasteiger partial charge < -0.3 is 35.2 Å². The van der Waals surface area contributed by atoms with Crippen LogP contribution in [-0.4, -0.2) is 88.2 Å². The number of aliphatic hydroxyl groups excluding tert-OH is 4. The van der Waals surface area contributed by atoms with Gasteiger partial charge in [-0.1, -0.05) is 0 Å². The third kappa shape index (κ3) is 5.09. The molecule has 1 fully saturated rings. The van der Waals surface area contributed by atoms with Crippen molar-refractivity contribution >= 4 is 17.8 Å². The number of ether oxygens (including phenoxy) is 2. The fourth-order valence-corrected chi connectivity index (χ4v) is 2.49. The Morgan fingerprint density at radius 3 is 2.38 bits per heavy atom. The van der Waals surface area contributed by atoms with E-state index in [0.29, 0.717) is 0 Å². The Hall–Kier alpha value is -1.83. The Kier molecular flexibility index (Phi) is 7.87. The van der Waals surface area contributed by atoms with E-state index in [1.807, 2.05) is 0 Å². The average Bonchev–Trinajstić information content (AvgIpc) is 2.59. The minimum Gasteiger partial charge on any atom is -0.465 e. The highest BCUT2D eigenvalue weighted by Gasteiger charge is 2.57. The molecule has 1 heterocycles. The molecule has 1 amide bonds. The molecule has 150 valence electrons. The lowest BCUT2D eigenvalue weighted by Gasteiger charge is -2.45. The number of esters is 1. The third-order valence-electron chi connectivity index (χ3n) is 3.65. The van der Waals surface area contributed by atoms with Crippen LogP contribution in [-0.2, 0) is 33.6 Å². The molecule has 6 atom stereocenters. The minimum atomic E-state index is -2.46. The van der Waals surface area contributed by atoms with E-state index in [0.717, 1.165) is 21.0 Å². The van der Waals surface area contributed by atoms with Gasteiger partial charge in [-0.05, 0) is 0 Å².